The molecule has 0 unspecified atom stereocenters. The molecule has 2 saturated heterocycles. The van der Waals surface area contributed by atoms with Crippen LogP contribution in [-0.4, -0.2) is 63.5 Å². The van der Waals surface area contributed by atoms with Crippen LogP contribution in [-0.2, 0) is 9.47 Å². The van der Waals surface area contributed by atoms with Gasteiger partial charge in [0.05, 0.1) is 18.8 Å². The molecule has 0 saturated carbocycles. The van der Waals surface area contributed by atoms with Crippen LogP contribution in [0.4, 0.5) is 0 Å². The molecule has 2 aliphatic rings. The van der Waals surface area contributed by atoms with Gasteiger partial charge in [-0.2, -0.15) is 0 Å². The zero-order chi connectivity index (χ0) is 13.1. The molecular formula is C14H28N2O2. The number of nitrogens with one attached hydrogen (secondary N) is 1. The van der Waals surface area contributed by atoms with Gasteiger partial charge in [-0.3, -0.25) is 4.90 Å². The monoisotopic (exact) mass is 256 g/mol. The Balaban J connectivity index is 1.95. The second kappa shape index (κ2) is 5.87. The molecule has 106 valence electrons. The summed E-state index contributed by atoms with van der Waals surface area (Å²) in [6.07, 6.45) is 2.44. The van der Waals surface area contributed by atoms with E-state index in [2.05, 4.69) is 24.1 Å². The zero-order valence-corrected chi connectivity index (χ0v) is 12.1. The Morgan fingerprint density at radius 1 is 1.28 bits per heavy atom. The molecule has 18 heavy (non-hydrogen) atoms. The lowest BCUT2D eigenvalue weighted by Crippen LogP contribution is -2.54. The topological polar surface area (TPSA) is 33.7 Å². The first-order chi connectivity index (χ1) is 8.55. The van der Waals surface area contributed by atoms with Crippen molar-refractivity contribution in [3.8, 4) is 0 Å². The normalized spacial score (nSPS) is 28.2. The summed E-state index contributed by atoms with van der Waals surface area (Å²) in [6, 6.07) is 0. The Labute approximate surface area is 111 Å². The van der Waals surface area contributed by atoms with Crippen molar-refractivity contribution < 1.29 is 9.47 Å². The minimum absolute atomic E-state index is 0.000567. The second-order valence-corrected chi connectivity index (χ2v) is 6.50. The number of piperidine rings is 1. The number of hydrogen-bond acceptors (Lipinski definition) is 4. The first-order valence-corrected chi connectivity index (χ1v) is 7.11. The fourth-order valence-corrected chi connectivity index (χ4v) is 3.33. The summed E-state index contributed by atoms with van der Waals surface area (Å²) in [7, 11) is 1.83. The van der Waals surface area contributed by atoms with E-state index in [-0.39, 0.29) is 5.60 Å². The van der Waals surface area contributed by atoms with Crippen molar-refractivity contribution in [3.63, 3.8) is 0 Å². The van der Waals surface area contributed by atoms with Gasteiger partial charge in [0.25, 0.3) is 0 Å². The zero-order valence-electron chi connectivity index (χ0n) is 12.1. The van der Waals surface area contributed by atoms with E-state index in [0.29, 0.717) is 5.41 Å². The largest absolute Gasteiger partial charge is 0.384 e. The molecule has 2 fully saturated rings. The molecule has 0 atom stereocenters. The van der Waals surface area contributed by atoms with Crippen molar-refractivity contribution in [1.82, 2.24) is 10.2 Å². The fraction of sp³-hybridized carbons (Fsp3) is 1.00. The summed E-state index contributed by atoms with van der Waals surface area (Å²) in [5.74, 6) is 0. The SMILES string of the molecule is COCC1(CN2CCOC(C)(C)C2)CCNCC1. The van der Waals surface area contributed by atoms with Crippen molar-refractivity contribution >= 4 is 0 Å². The minimum Gasteiger partial charge on any atom is -0.384 e. The maximum atomic E-state index is 5.79. The van der Waals surface area contributed by atoms with Gasteiger partial charge >= 0.3 is 0 Å². The summed E-state index contributed by atoms with van der Waals surface area (Å²) < 4.78 is 11.3. The van der Waals surface area contributed by atoms with E-state index in [1.54, 1.807) is 0 Å². The smallest absolute Gasteiger partial charge is 0.0753 e. The van der Waals surface area contributed by atoms with E-state index in [9.17, 15) is 0 Å². The van der Waals surface area contributed by atoms with Gasteiger partial charge in [0, 0.05) is 32.2 Å². The average molecular weight is 256 g/mol. The lowest BCUT2D eigenvalue weighted by atomic mass is 9.79. The molecule has 4 nitrogen and oxygen atoms in total. The van der Waals surface area contributed by atoms with E-state index in [4.69, 9.17) is 9.47 Å². The van der Waals surface area contributed by atoms with Crippen molar-refractivity contribution in [2.75, 3.05) is 53.0 Å². The summed E-state index contributed by atoms with van der Waals surface area (Å²) >= 11 is 0. The molecule has 4 heteroatoms. The third-order valence-electron chi connectivity index (χ3n) is 4.18. The quantitative estimate of drug-likeness (QED) is 0.817. The number of rotatable bonds is 4. The van der Waals surface area contributed by atoms with Gasteiger partial charge < -0.3 is 14.8 Å². The van der Waals surface area contributed by atoms with E-state index in [1.807, 2.05) is 7.11 Å². The lowest BCUT2D eigenvalue weighted by Gasteiger charge is -2.45. The average Bonchev–Trinajstić information content (AvgIpc) is 2.29. The van der Waals surface area contributed by atoms with Gasteiger partial charge in [-0.1, -0.05) is 0 Å². The number of ether oxygens (including phenoxy) is 2. The number of nitrogens with zero attached hydrogens (tertiary/aromatic N) is 1. The molecule has 0 aromatic carbocycles. The van der Waals surface area contributed by atoms with E-state index in [0.717, 1.165) is 45.9 Å². The molecule has 0 aromatic heterocycles. The van der Waals surface area contributed by atoms with Crippen LogP contribution in [0.3, 0.4) is 0 Å². The summed E-state index contributed by atoms with van der Waals surface area (Å²) in [6.45, 7) is 11.6. The Morgan fingerprint density at radius 3 is 2.61 bits per heavy atom. The molecule has 2 rings (SSSR count). The Hall–Kier alpha value is -0.160. The van der Waals surface area contributed by atoms with Gasteiger partial charge in [0.1, 0.15) is 0 Å². The highest BCUT2D eigenvalue weighted by Gasteiger charge is 2.36. The predicted octanol–water partition coefficient (Wildman–Crippen LogP) is 1.11. The summed E-state index contributed by atoms with van der Waals surface area (Å²) in [4.78, 5) is 2.56. The molecule has 0 aliphatic carbocycles. The molecule has 0 aromatic rings. The maximum Gasteiger partial charge on any atom is 0.0753 e. The van der Waals surface area contributed by atoms with Crippen LogP contribution in [0.5, 0.6) is 0 Å². The first-order valence-electron chi connectivity index (χ1n) is 7.11. The van der Waals surface area contributed by atoms with Gasteiger partial charge in [-0.15, -0.1) is 0 Å². The van der Waals surface area contributed by atoms with Crippen molar-refractivity contribution in [2.45, 2.75) is 32.3 Å². The van der Waals surface area contributed by atoms with Crippen LogP contribution in [0.25, 0.3) is 0 Å². The molecule has 1 N–H and O–H groups in total. The highest BCUT2D eigenvalue weighted by Crippen LogP contribution is 2.31. The van der Waals surface area contributed by atoms with Gasteiger partial charge in [0.15, 0.2) is 0 Å². The predicted molar refractivity (Wildman–Crippen MR) is 72.9 cm³/mol. The van der Waals surface area contributed by atoms with Crippen LogP contribution in [0.1, 0.15) is 26.7 Å². The molecule has 2 heterocycles. The number of methoxy groups -OCH3 is 1. The summed E-state index contributed by atoms with van der Waals surface area (Å²) in [5.41, 5.74) is 0.340. The van der Waals surface area contributed by atoms with Gasteiger partial charge in [0.2, 0.25) is 0 Å². The van der Waals surface area contributed by atoms with Crippen LogP contribution < -0.4 is 5.32 Å². The fourth-order valence-electron chi connectivity index (χ4n) is 3.33. The lowest BCUT2D eigenvalue weighted by molar-refractivity contribution is -0.101. The Kier molecular flexibility index (Phi) is 4.64. The molecule has 0 spiro atoms. The van der Waals surface area contributed by atoms with Crippen LogP contribution >= 0.6 is 0 Å². The van der Waals surface area contributed by atoms with Crippen molar-refractivity contribution in [1.29, 1.82) is 0 Å². The Morgan fingerprint density at radius 2 is 2.00 bits per heavy atom. The molecule has 0 radical (unpaired) electrons. The maximum absolute atomic E-state index is 5.79. The van der Waals surface area contributed by atoms with E-state index < -0.39 is 0 Å². The first kappa shape index (κ1) is 14.3. The standard InChI is InChI=1S/C14H28N2O2/c1-13(2)10-16(8-9-18-13)11-14(12-17-3)4-6-15-7-5-14/h15H,4-12H2,1-3H3. The minimum atomic E-state index is -0.000567. The van der Waals surface area contributed by atoms with E-state index >= 15 is 0 Å². The van der Waals surface area contributed by atoms with E-state index in [1.165, 1.54) is 12.8 Å². The number of morpholine rings is 1. The molecule has 0 bridgehead atoms. The van der Waals surface area contributed by atoms with Crippen LogP contribution in [0.2, 0.25) is 0 Å². The van der Waals surface area contributed by atoms with Crippen LogP contribution in [0, 0.1) is 5.41 Å². The highest BCUT2D eigenvalue weighted by atomic mass is 16.5. The third kappa shape index (κ3) is 3.67. The Bertz CT molecular complexity index is 257. The molecule has 0 amide bonds. The molecular weight excluding hydrogens is 228 g/mol. The summed E-state index contributed by atoms with van der Waals surface area (Å²) in [5, 5.41) is 3.45. The highest BCUT2D eigenvalue weighted by molar-refractivity contribution is 4.90. The third-order valence-corrected chi connectivity index (χ3v) is 4.18. The van der Waals surface area contributed by atoms with Crippen molar-refractivity contribution in [2.24, 2.45) is 5.41 Å². The van der Waals surface area contributed by atoms with Gasteiger partial charge in [-0.05, 0) is 39.8 Å². The number of hydrogen-bond donors (Lipinski definition) is 1. The molecule has 2 aliphatic heterocycles. The van der Waals surface area contributed by atoms with Gasteiger partial charge in [-0.25, -0.2) is 0 Å². The van der Waals surface area contributed by atoms with Crippen molar-refractivity contribution in [3.05, 3.63) is 0 Å². The second-order valence-electron chi connectivity index (χ2n) is 6.50. The van der Waals surface area contributed by atoms with Crippen LogP contribution in [0.15, 0.2) is 0 Å².